The van der Waals surface area contributed by atoms with E-state index >= 15 is 0 Å². The number of rotatable bonds is 4. The molecule has 3 atom stereocenters. The fraction of sp³-hybridized carbons (Fsp3) is 1.00. The third kappa shape index (κ3) is 2.21. The Labute approximate surface area is 71.4 Å². The Morgan fingerprint density at radius 1 is 1.18 bits per heavy atom. The lowest BCUT2D eigenvalue weighted by Gasteiger charge is -2.37. The van der Waals surface area contributed by atoms with Crippen LogP contribution in [0.5, 0.6) is 0 Å². The Morgan fingerprint density at radius 2 is 1.82 bits per heavy atom. The summed E-state index contributed by atoms with van der Waals surface area (Å²) in [6.45, 7) is 7.04. The molecule has 0 radical (unpaired) electrons. The van der Waals surface area contributed by atoms with Gasteiger partial charge in [0.05, 0.1) is 0 Å². The van der Waals surface area contributed by atoms with Crippen molar-refractivity contribution < 1.29 is 0 Å². The molecule has 0 spiro atoms. The van der Waals surface area contributed by atoms with E-state index in [0.29, 0.717) is 0 Å². The maximum absolute atomic E-state index is 2.39. The van der Waals surface area contributed by atoms with Crippen LogP contribution in [0.3, 0.4) is 0 Å². The molecule has 0 amide bonds. The van der Waals surface area contributed by atoms with Gasteiger partial charge in [0.1, 0.15) is 0 Å². The van der Waals surface area contributed by atoms with Crippen LogP contribution < -0.4 is 0 Å². The molecule has 1 aliphatic carbocycles. The zero-order valence-corrected chi connectivity index (χ0v) is 8.27. The van der Waals surface area contributed by atoms with Gasteiger partial charge in [-0.15, -0.1) is 0 Å². The van der Waals surface area contributed by atoms with Crippen molar-refractivity contribution in [3.8, 4) is 0 Å². The highest BCUT2D eigenvalue weighted by Crippen LogP contribution is 2.40. The van der Waals surface area contributed by atoms with Crippen molar-refractivity contribution in [2.24, 2.45) is 17.8 Å². The van der Waals surface area contributed by atoms with Crippen LogP contribution in [-0.4, -0.2) is 0 Å². The SMILES string of the molecule is CCC(C)CC1CCC1CC. The van der Waals surface area contributed by atoms with Crippen LogP contribution in [0.4, 0.5) is 0 Å². The molecule has 0 bridgehead atoms. The molecule has 66 valence electrons. The maximum atomic E-state index is 2.39. The lowest BCUT2D eigenvalue weighted by Crippen LogP contribution is -2.26. The molecule has 0 N–H and O–H groups in total. The Kier molecular flexibility index (Phi) is 3.42. The molecule has 1 aliphatic rings. The van der Waals surface area contributed by atoms with E-state index in [4.69, 9.17) is 0 Å². The van der Waals surface area contributed by atoms with Crippen LogP contribution >= 0.6 is 0 Å². The Bertz CT molecular complexity index is 105. The molecular formula is C11H22. The Hall–Kier alpha value is 0. The van der Waals surface area contributed by atoms with E-state index < -0.39 is 0 Å². The van der Waals surface area contributed by atoms with Gasteiger partial charge < -0.3 is 0 Å². The van der Waals surface area contributed by atoms with E-state index in [-0.39, 0.29) is 0 Å². The van der Waals surface area contributed by atoms with Crippen LogP contribution in [0.1, 0.15) is 52.9 Å². The minimum Gasteiger partial charge on any atom is -0.0651 e. The lowest BCUT2D eigenvalue weighted by atomic mass is 9.68. The zero-order chi connectivity index (χ0) is 8.27. The van der Waals surface area contributed by atoms with Gasteiger partial charge in [-0.1, -0.05) is 33.6 Å². The Balaban J connectivity index is 2.16. The average molecular weight is 154 g/mol. The predicted molar refractivity (Wildman–Crippen MR) is 50.6 cm³/mol. The van der Waals surface area contributed by atoms with Crippen molar-refractivity contribution in [2.45, 2.75) is 52.9 Å². The van der Waals surface area contributed by atoms with Crippen LogP contribution in [0.15, 0.2) is 0 Å². The van der Waals surface area contributed by atoms with Gasteiger partial charge in [0.15, 0.2) is 0 Å². The zero-order valence-electron chi connectivity index (χ0n) is 8.27. The molecule has 1 saturated carbocycles. The molecule has 0 aromatic carbocycles. The van der Waals surface area contributed by atoms with Gasteiger partial charge in [0.25, 0.3) is 0 Å². The highest BCUT2D eigenvalue weighted by atomic mass is 14.3. The highest BCUT2D eigenvalue weighted by Gasteiger charge is 2.29. The highest BCUT2D eigenvalue weighted by molar-refractivity contribution is 4.80. The van der Waals surface area contributed by atoms with Gasteiger partial charge >= 0.3 is 0 Å². The van der Waals surface area contributed by atoms with E-state index in [1.54, 1.807) is 0 Å². The maximum Gasteiger partial charge on any atom is -0.0383 e. The van der Waals surface area contributed by atoms with Gasteiger partial charge in [0.2, 0.25) is 0 Å². The second-order valence-electron chi connectivity index (χ2n) is 4.25. The van der Waals surface area contributed by atoms with E-state index in [1.165, 1.54) is 32.1 Å². The predicted octanol–water partition coefficient (Wildman–Crippen LogP) is 3.86. The van der Waals surface area contributed by atoms with Crippen molar-refractivity contribution in [3.05, 3.63) is 0 Å². The molecule has 0 aliphatic heterocycles. The fourth-order valence-corrected chi connectivity index (χ4v) is 2.17. The largest absolute Gasteiger partial charge is 0.0651 e. The van der Waals surface area contributed by atoms with Crippen LogP contribution in [0, 0.1) is 17.8 Å². The standard InChI is InChI=1S/C11H22/c1-4-9(3)8-11-7-6-10(11)5-2/h9-11H,4-8H2,1-3H3. The summed E-state index contributed by atoms with van der Waals surface area (Å²) in [4.78, 5) is 0. The van der Waals surface area contributed by atoms with Gasteiger partial charge in [0, 0.05) is 0 Å². The lowest BCUT2D eigenvalue weighted by molar-refractivity contribution is 0.138. The number of hydrogen-bond donors (Lipinski definition) is 0. The van der Waals surface area contributed by atoms with E-state index in [0.717, 1.165) is 17.8 Å². The van der Waals surface area contributed by atoms with Crippen LogP contribution in [0.2, 0.25) is 0 Å². The van der Waals surface area contributed by atoms with Gasteiger partial charge in [-0.3, -0.25) is 0 Å². The summed E-state index contributed by atoms with van der Waals surface area (Å²) < 4.78 is 0. The minimum absolute atomic E-state index is 0.967. The van der Waals surface area contributed by atoms with E-state index in [1.807, 2.05) is 0 Å². The Morgan fingerprint density at radius 3 is 2.18 bits per heavy atom. The third-order valence-corrected chi connectivity index (χ3v) is 3.50. The third-order valence-electron chi connectivity index (χ3n) is 3.50. The molecule has 0 heterocycles. The van der Waals surface area contributed by atoms with Gasteiger partial charge in [-0.25, -0.2) is 0 Å². The summed E-state index contributed by atoms with van der Waals surface area (Å²) in [6, 6.07) is 0. The van der Waals surface area contributed by atoms with Crippen LogP contribution in [0.25, 0.3) is 0 Å². The summed E-state index contributed by atoms with van der Waals surface area (Å²) in [5.41, 5.74) is 0. The second kappa shape index (κ2) is 4.13. The monoisotopic (exact) mass is 154 g/mol. The van der Waals surface area contributed by atoms with E-state index in [9.17, 15) is 0 Å². The smallest absolute Gasteiger partial charge is 0.0383 e. The molecule has 0 nitrogen and oxygen atoms in total. The first kappa shape index (κ1) is 9.09. The van der Waals surface area contributed by atoms with Crippen LogP contribution in [-0.2, 0) is 0 Å². The van der Waals surface area contributed by atoms with E-state index in [2.05, 4.69) is 20.8 Å². The molecule has 11 heavy (non-hydrogen) atoms. The summed E-state index contributed by atoms with van der Waals surface area (Å²) in [5.74, 6) is 3.15. The first-order chi connectivity index (χ1) is 5.27. The first-order valence-electron chi connectivity index (χ1n) is 5.27. The first-order valence-corrected chi connectivity index (χ1v) is 5.27. The quantitative estimate of drug-likeness (QED) is 0.577. The molecule has 3 unspecified atom stereocenters. The molecule has 0 aromatic rings. The molecular weight excluding hydrogens is 132 g/mol. The van der Waals surface area contributed by atoms with Crippen molar-refractivity contribution in [3.63, 3.8) is 0 Å². The topological polar surface area (TPSA) is 0 Å². The normalized spacial score (nSPS) is 33.0. The molecule has 0 aromatic heterocycles. The summed E-state index contributed by atoms with van der Waals surface area (Å²) >= 11 is 0. The average Bonchev–Trinajstić information content (AvgIpc) is 1.98. The van der Waals surface area contributed by atoms with Gasteiger partial charge in [-0.2, -0.15) is 0 Å². The molecule has 1 fully saturated rings. The van der Waals surface area contributed by atoms with Crippen molar-refractivity contribution in [1.29, 1.82) is 0 Å². The minimum atomic E-state index is 0.967. The summed E-state index contributed by atoms with van der Waals surface area (Å²) in [7, 11) is 0. The molecule has 0 heteroatoms. The van der Waals surface area contributed by atoms with Crippen molar-refractivity contribution in [1.82, 2.24) is 0 Å². The number of hydrogen-bond acceptors (Lipinski definition) is 0. The van der Waals surface area contributed by atoms with Gasteiger partial charge in [-0.05, 0) is 37.0 Å². The van der Waals surface area contributed by atoms with Crippen molar-refractivity contribution in [2.75, 3.05) is 0 Å². The fourth-order valence-electron chi connectivity index (χ4n) is 2.17. The van der Waals surface area contributed by atoms with Crippen molar-refractivity contribution >= 4 is 0 Å². The molecule has 1 rings (SSSR count). The second-order valence-corrected chi connectivity index (χ2v) is 4.25. The summed E-state index contributed by atoms with van der Waals surface area (Å²) in [6.07, 6.45) is 7.31. The summed E-state index contributed by atoms with van der Waals surface area (Å²) in [5, 5.41) is 0. The molecule has 0 saturated heterocycles.